The predicted octanol–water partition coefficient (Wildman–Crippen LogP) is 26.4. The maximum Gasteiger partial charge on any atom is 0.305 e. The summed E-state index contributed by atoms with van der Waals surface area (Å²) in [4.78, 5) is 53.6. The summed E-state index contributed by atoms with van der Waals surface area (Å²) >= 11 is 0. The minimum Gasteiger partial charge on any atom is -0.465 e. The number of rotatable bonds is 74. The van der Waals surface area contributed by atoms with Crippen molar-refractivity contribution in [2.75, 3.05) is 39.6 Å². The first-order chi connectivity index (χ1) is 45.1. The molecule has 0 saturated heterocycles. The molecule has 0 fully saturated rings. The fraction of sp³-hybridized carbons (Fsp3) is 0.952. The van der Waals surface area contributed by atoms with E-state index in [0.717, 1.165) is 101 Å². The largest absolute Gasteiger partial charge is 0.465 e. The average Bonchev–Trinajstić information content (AvgIpc) is 1.03. The number of esters is 4. The van der Waals surface area contributed by atoms with Crippen molar-refractivity contribution in [1.82, 2.24) is 0 Å². The summed E-state index contributed by atoms with van der Waals surface area (Å²) in [5, 5.41) is 0. The standard InChI is InChI=1S/C84H162O9/c1-11-83(71-90-79(85)65-57-49-41-33-25-17-13-21-29-37-45-53-61-75(3)4,72-91-80(86)66-58-50-42-34-26-18-14-22-30-38-46-54-62-76(5)6)69-89-70-84(12-2,73-92-81(87)67-59-51-43-35-27-19-15-23-31-39-47-55-63-77(7)8)74-93-82(88)68-60-52-44-36-28-20-16-24-32-40-48-56-64-78(9)10/h75-78H,11-74H2,1-10H3. The second-order valence-corrected chi connectivity index (χ2v) is 31.5. The van der Waals surface area contributed by atoms with Gasteiger partial charge >= 0.3 is 23.9 Å². The summed E-state index contributed by atoms with van der Waals surface area (Å²) in [7, 11) is 0. The van der Waals surface area contributed by atoms with Gasteiger partial charge in [0.05, 0.1) is 24.0 Å². The molecule has 0 aliphatic heterocycles. The van der Waals surface area contributed by atoms with Crippen LogP contribution in [0.25, 0.3) is 0 Å². The molecule has 0 spiro atoms. The van der Waals surface area contributed by atoms with E-state index in [1.807, 2.05) is 13.8 Å². The van der Waals surface area contributed by atoms with Gasteiger partial charge in [0, 0.05) is 25.7 Å². The number of hydrogen-bond donors (Lipinski definition) is 0. The van der Waals surface area contributed by atoms with E-state index in [1.165, 1.54) is 257 Å². The zero-order valence-corrected chi connectivity index (χ0v) is 64.2. The summed E-state index contributed by atoms with van der Waals surface area (Å²) in [5.74, 6) is 2.35. The lowest BCUT2D eigenvalue weighted by Gasteiger charge is -2.35. The van der Waals surface area contributed by atoms with Crippen molar-refractivity contribution in [3.8, 4) is 0 Å². The van der Waals surface area contributed by atoms with Crippen molar-refractivity contribution >= 4 is 23.9 Å². The number of carbonyl (C=O) groups excluding carboxylic acids is 4. The summed E-state index contributed by atoms with van der Waals surface area (Å²) < 4.78 is 30.9. The minimum atomic E-state index is -0.778. The van der Waals surface area contributed by atoms with E-state index in [4.69, 9.17) is 23.7 Å². The monoisotopic (exact) mass is 1320 g/mol. The molecule has 0 amide bonds. The lowest BCUT2D eigenvalue weighted by atomic mass is 9.86. The van der Waals surface area contributed by atoms with Gasteiger partial charge in [0.25, 0.3) is 0 Å². The highest BCUT2D eigenvalue weighted by atomic mass is 16.6. The summed E-state index contributed by atoms with van der Waals surface area (Å²) in [6.07, 6.45) is 67.4. The fourth-order valence-corrected chi connectivity index (χ4v) is 12.9. The molecule has 0 N–H and O–H groups in total. The fourth-order valence-electron chi connectivity index (χ4n) is 12.9. The van der Waals surface area contributed by atoms with Gasteiger partial charge in [-0.2, -0.15) is 0 Å². The zero-order chi connectivity index (χ0) is 68.4. The first-order valence-electron chi connectivity index (χ1n) is 41.3. The Kier molecular flexibility index (Phi) is 65.5. The minimum absolute atomic E-state index is 0.0753. The van der Waals surface area contributed by atoms with Crippen molar-refractivity contribution in [2.24, 2.45) is 34.5 Å². The number of unbranched alkanes of at least 4 members (excludes halogenated alkanes) is 44. The van der Waals surface area contributed by atoms with Crippen molar-refractivity contribution in [3.05, 3.63) is 0 Å². The summed E-state index contributed by atoms with van der Waals surface area (Å²) in [6.45, 7) is 23.3. The van der Waals surface area contributed by atoms with Crippen LogP contribution in [0.3, 0.4) is 0 Å². The molecule has 0 aromatic heterocycles. The van der Waals surface area contributed by atoms with Gasteiger partial charge in [0.1, 0.15) is 26.4 Å². The van der Waals surface area contributed by atoms with Gasteiger partial charge in [-0.1, -0.05) is 377 Å². The molecule has 0 aliphatic carbocycles. The van der Waals surface area contributed by atoms with Crippen LogP contribution in [0.15, 0.2) is 0 Å². The first-order valence-corrected chi connectivity index (χ1v) is 41.3. The Morgan fingerprint density at radius 2 is 0.355 bits per heavy atom. The Hall–Kier alpha value is -2.16. The highest BCUT2D eigenvalue weighted by Crippen LogP contribution is 2.30. The van der Waals surface area contributed by atoms with E-state index >= 15 is 0 Å². The molecule has 0 aliphatic rings. The maximum atomic E-state index is 13.4. The lowest BCUT2D eigenvalue weighted by molar-refractivity contribution is -0.163. The number of hydrogen-bond acceptors (Lipinski definition) is 9. The van der Waals surface area contributed by atoms with Gasteiger partial charge < -0.3 is 23.7 Å². The molecule has 0 atom stereocenters. The highest BCUT2D eigenvalue weighted by molar-refractivity contribution is 5.70. The van der Waals surface area contributed by atoms with E-state index in [2.05, 4.69) is 55.4 Å². The Morgan fingerprint density at radius 3 is 0.495 bits per heavy atom. The SMILES string of the molecule is CCC(COCC(CC)(COC(=O)CCCCCCCCCCCCCCC(C)C)COC(=O)CCCCCCCCCCCCCCC(C)C)(COC(=O)CCCCCCCCCCCCCCC(C)C)COC(=O)CCCCCCCCCCCCCCC(C)C. The quantitative estimate of drug-likeness (QED) is 0.0334. The van der Waals surface area contributed by atoms with Crippen molar-refractivity contribution in [3.63, 3.8) is 0 Å². The molecular formula is C84H162O9. The van der Waals surface area contributed by atoms with Crippen molar-refractivity contribution in [1.29, 1.82) is 0 Å². The second-order valence-electron chi connectivity index (χ2n) is 31.5. The van der Waals surface area contributed by atoms with Crippen LogP contribution in [0.1, 0.15) is 442 Å². The molecule has 0 unspecified atom stereocenters. The van der Waals surface area contributed by atoms with Crippen molar-refractivity contribution in [2.45, 2.75) is 442 Å². The molecule has 552 valence electrons. The Morgan fingerprint density at radius 1 is 0.215 bits per heavy atom. The van der Waals surface area contributed by atoms with Gasteiger partial charge in [-0.15, -0.1) is 0 Å². The number of carbonyl (C=O) groups is 4. The number of ether oxygens (including phenoxy) is 5. The van der Waals surface area contributed by atoms with Crippen LogP contribution in [-0.2, 0) is 42.9 Å². The van der Waals surface area contributed by atoms with Crippen LogP contribution in [0.5, 0.6) is 0 Å². The Bertz CT molecular complexity index is 1400. The average molecular weight is 1320 g/mol. The highest BCUT2D eigenvalue weighted by Gasteiger charge is 2.37. The van der Waals surface area contributed by atoms with Gasteiger partial charge in [-0.05, 0) is 62.2 Å². The third-order valence-corrected chi connectivity index (χ3v) is 20.1. The van der Waals surface area contributed by atoms with E-state index in [-0.39, 0.29) is 63.5 Å². The van der Waals surface area contributed by atoms with Crippen LogP contribution in [0.2, 0.25) is 0 Å². The third-order valence-electron chi connectivity index (χ3n) is 20.1. The van der Waals surface area contributed by atoms with E-state index < -0.39 is 10.8 Å². The first kappa shape index (κ1) is 90.8. The Labute approximate surface area is 579 Å². The maximum absolute atomic E-state index is 13.4. The van der Waals surface area contributed by atoms with E-state index in [9.17, 15) is 19.2 Å². The molecule has 9 nitrogen and oxygen atoms in total. The normalized spacial score (nSPS) is 12.1. The van der Waals surface area contributed by atoms with Crippen LogP contribution in [0.4, 0.5) is 0 Å². The second kappa shape index (κ2) is 67.0. The Balaban J connectivity index is 5.62. The smallest absolute Gasteiger partial charge is 0.305 e. The van der Waals surface area contributed by atoms with Crippen LogP contribution in [-0.4, -0.2) is 63.5 Å². The van der Waals surface area contributed by atoms with Crippen LogP contribution in [0, 0.1) is 34.5 Å². The molecule has 0 aromatic rings. The van der Waals surface area contributed by atoms with Gasteiger partial charge in [0.15, 0.2) is 0 Å². The molecule has 0 heterocycles. The van der Waals surface area contributed by atoms with Gasteiger partial charge in [0.2, 0.25) is 0 Å². The molecule has 0 aromatic carbocycles. The molecule has 0 saturated carbocycles. The molecule has 0 bridgehead atoms. The van der Waals surface area contributed by atoms with Gasteiger partial charge in [-0.25, -0.2) is 0 Å². The summed E-state index contributed by atoms with van der Waals surface area (Å²) in [6, 6.07) is 0. The molecule has 9 heteroatoms. The van der Waals surface area contributed by atoms with Gasteiger partial charge in [-0.3, -0.25) is 19.2 Å². The van der Waals surface area contributed by atoms with Crippen molar-refractivity contribution < 1.29 is 42.9 Å². The van der Waals surface area contributed by atoms with Crippen LogP contribution >= 0.6 is 0 Å². The topological polar surface area (TPSA) is 114 Å². The molecule has 0 radical (unpaired) electrons. The third kappa shape index (κ3) is 64.3. The predicted molar refractivity (Wildman–Crippen MR) is 398 cm³/mol. The lowest BCUT2D eigenvalue weighted by Crippen LogP contribution is -2.42. The van der Waals surface area contributed by atoms with Crippen LogP contribution < -0.4 is 0 Å². The van der Waals surface area contributed by atoms with E-state index in [1.54, 1.807) is 0 Å². The zero-order valence-electron chi connectivity index (χ0n) is 64.2. The molecular weight excluding hydrogens is 1150 g/mol. The molecule has 0 rings (SSSR count). The summed E-state index contributed by atoms with van der Waals surface area (Å²) in [5.41, 5.74) is -1.56. The van der Waals surface area contributed by atoms with E-state index in [0.29, 0.717) is 38.5 Å². The molecule has 93 heavy (non-hydrogen) atoms.